The van der Waals surface area contributed by atoms with Crippen LogP contribution in [0.5, 0.6) is 0 Å². The van der Waals surface area contributed by atoms with Gasteiger partial charge in [0, 0.05) is 38.4 Å². The van der Waals surface area contributed by atoms with Crippen molar-refractivity contribution in [1.82, 2.24) is 9.97 Å². The molecule has 0 N–H and O–H groups in total. The highest BCUT2D eigenvalue weighted by Crippen LogP contribution is 2.38. The summed E-state index contributed by atoms with van der Waals surface area (Å²) >= 11 is 0.854. The summed E-state index contributed by atoms with van der Waals surface area (Å²) in [6.45, 7) is 2.22. The minimum atomic E-state index is -4.81. The predicted molar refractivity (Wildman–Crippen MR) is 106 cm³/mol. The Morgan fingerprint density at radius 3 is 2.43 bits per heavy atom. The van der Waals surface area contributed by atoms with E-state index in [0.29, 0.717) is 38.3 Å². The molecule has 0 spiro atoms. The van der Waals surface area contributed by atoms with E-state index in [9.17, 15) is 28.1 Å². The molecule has 3 heterocycles. The second-order valence-corrected chi connectivity index (χ2v) is 7.59. The van der Waals surface area contributed by atoms with Crippen molar-refractivity contribution in [3.63, 3.8) is 0 Å². The molecule has 30 heavy (non-hydrogen) atoms. The number of nitrogens with zero attached hydrogens (tertiary/aromatic N) is 5. The Hall–Kier alpha value is -3.28. The summed E-state index contributed by atoms with van der Waals surface area (Å²) in [7, 11) is 0. The Labute approximate surface area is 171 Å². The van der Waals surface area contributed by atoms with Gasteiger partial charge in [-0.2, -0.15) is 18.2 Å². The minimum Gasteiger partial charge on any atom is -0.367 e. The maximum absolute atomic E-state index is 13.1. The van der Waals surface area contributed by atoms with Gasteiger partial charge in [-0.05, 0) is 18.2 Å². The number of aromatic nitrogens is 2. The van der Waals surface area contributed by atoms with Gasteiger partial charge in [0.25, 0.3) is 11.2 Å². The van der Waals surface area contributed by atoms with Gasteiger partial charge >= 0.3 is 6.18 Å². The lowest BCUT2D eigenvalue weighted by Gasteiger charge is -2.36. The first-order valence-electron chi connectivity index (χ1n) is 8.84. The number of nitro groups is 1. The van der Waals surface area contributed by atoms with Crippen LogP contribution in [0.3, 0.4) is 0 Å². The molecule has 0 aliphatic carbocycles. The summed E-state index contributed by atoms with van der Waals surface area (Å²) in [6.07, 6.45) is -1.39. The smallest absolute Gasteiger partial charge is 0.367 e. The highest BCUT2D eigenvalue weighted by molar-refractivity contribution is 7.22. The van der Waals surface area contributed by atoms with Crippen molar-refractivity contribution in [2.24, 2.45) is 0 Å². The van der Waals surface area contributed by atoms with E-state index in [0.717, 1.165) is 17.0 Å². The molecule has 3 aromatic rings. The maximum atomic E-state index is 13.1. The van der Waals surface area contributed by atoms with E-state index in [2.05, 4.69) is 14.9 Å². The van der Waals surface area contributed by atoms with E-state index in [1.54, 1.807) is 17.3 Å². The Kier molecular flexibility index (Phi) is 5.02. The maximum Gasteiger partial charge on any atom is 0.416 e. The van der Waals surface area contributed by atoms with Crippen molar-refractivity contribution in [2.75, 3.05) is 36.0 Å². The van der Waals surface area contributed by atoms with Crippen LogP contribution in [0, 0.1) is 10.1 Å². The van der Waals surface area contributed by atoms with Crippen molar-refractivity contribution in [2.45, 2.75) is 6.18 Å². The van der Waals surface area contributed by atoms with Crippen molar-refractivity contribution >= 4 is 37.9 Å². The van der Waals surface area contributed by atoms with Gasteiger partial charge in [0.2, 0.25) is 0 Å². The highest BCUT2D eigenvalue weighted by atomic mass is 32.1. The average Bonchev–Trinajstić information content (AvgIpc) is 2.73. The summed E-state index contributed by atoms with van der Waals surface area (Å²) in [5.74, 6) is 0. The average molecular weight is 437 g/mol. The van der Waals surface area contributed by atoms with E-state index in [1.165, 1.54) is 0 Å². The van der Waals surface area contributed by atoms with E-state index in [1.807, 2.05) is 12.1 Å². The van der Waals surface area contributed by atoms with Gasteiger partial charge in [-0.15, -0.1) is 0 Å². The SMILES string of the molecule is O=c1nc(N2CCN(c3cccnc3)CC2)sc2c([N+](=O)[O-])cc(C(F)(F)F)cc12. The fourth-order valence-corrected chi connectivity index (χ4v) is 4.39. The lowest BCUT2D eigenvalue weighted by molar-refractivity contribution is -0.383. The summed E-state index contributed by atoms with van der Waals surface area (Å²) in [4.78, 5) is 34.8. The number of non-ortho nitro benzene ring substituents is 1. The molecule has 1 aromatic carbocycles. The molecule has 0 saturated carbocycles. The third-order valence-electron chi connectivity index (χ3n) is 4.78. The monoisotopic (exact) mass is 437 g/mol. The van der Waals surface area contributed by atoms with Crippen molar-refractivity contribution in [3.05, 3.63) is 62.7 Å². The second kappa shape index (κ2) is 7.52. The molecule has 12 heteroatoms. The zero-order valence-corrected chi connectivity index (χ0v) is 16.1. The van der Waals surface area contributed by atoms with Gasteiger partial charge < -0.3 is 9.80 Å². The molecule has 8 nitrogen and oxygen atoms in total. The van der Waals surface area contributed by atoms with E-state index < -0.39 is 33.3 Å². The fraction of sp³-hybridized carbons (Fsp3) is 0.278. The lowest BCUT2D eigenvalue weighted by Crippen LogP contribution is -2.47. The van der Waals surface area contributed by atoms with Crippen LogP contribution in [0.25, 0.3) is 10.1 Å². The fourth-order valence-electron chi connectivity index (χ4n) is 3.27. The molecule has 1 aliphatic rings. The summed E-state index contributed by atoms with van der Waals surface area (Å²) < 4.78 is 39.1. The number of piperazine rings is 1. The number of anilines is 2. The molecular weight excluding hydrogens is 423 g/mol. The number of pyridine rings is 1. The standard InChI is InChI=1S/C18H14F3N5O3S/c19-18(20,21)11-8-13-15(14(9-11)26(28)29)30-17(23-16(13)27)25-6-4-24(5-7-25)12-2-1-3-22-10-12/h1-3,8-10H,4-7H2. The predicted octanol–water partition coefficient (Wildman–Crippen LogP) is 3.31. The largest absolute Gasteiger partial charge is 0.416 e. The third kappa shape index (κ3) is 3.77. The summed E-state index contributed by atoms with van der Waals surface area (Å²) in [6, 6.07) is 4.84. The zero-order chi connectivity index (χ0) is 21.5. The van der Waals surface area contributed by atoms with Crippen molar-refractivity contribution in [3.8, 4) is 0 Å². The molecule has 156 valence electrons. The first-order valence-corrected chi connectivity index (χ1v) is 9.66. The Balaban J connectivity index is 1.69. The molecule has 0 atom stereocenters. The van der Waals surface area contributed by atoms with Gasteiger partial charge in [-0.3, -0.25) is 19.9 Å². The van der Waals surface area contributed by atoms with Crippen LogP contribution in [0.1, 0.15) is 5.56 Å². The first-order chi connectivity index (χ1) is 14.2. The van der Waals surface area contributed by atoms with Crippen molar-refractivity contribution in [1.29, 1.82) is 0 Å². The second-order valence-electron chi connectivity index (χ2n) is 6.61. The van der Waals surface area contributed by atoms with E-state index in [4.69, 9.17) is 0 Å². The lowest BCUT2D eigenvalue weighted by atomic mass is 10.1. The van der Waals surface area contributed by atoms with Crippen LogP contribution in [-0.2, 0) is 6.18 Å². The number of rotatable bonds is 3. The highest BCUT2D eigenvalue weighted by Gasteiger charge is 2.34. The molecule has 2 aromatic heterocycles. The molecule has 0 bridgehead atoms. The minimum absolute atomic E-state index is 0.113. The number of hydrogen-bond donors (Lipinski definition) is 0. The quantitative estimate of drug-likeness (QED) is 0.459. The summed E-state index contributed by atoms with van der Waals surface area (Å²) in [5.41, 5.74) is -1.96. The number of halogens is 3. The number of fused-ring (bicyclic) bond motifs is 1. The molecule has 1 saturated heterocycles. The molecule has 1 fully saturated rings. The van der Waals surface area contributed by atoms with Gasteiger partial charge in [0.05, 0.1) is 27.8 Å². The summed E-state index contributed by atoms with van der Waals surface area (Å²) in [5, 5.41) is 11.2. The Morgan fingerprint density at radius 1 is 1.13 bits per heavy atom. The zero-order valence-electron chi connectivity index (χ0n) is 15.3. The van der Waals surface area contributed by atoms with Crippen LogP contribution in [0.2, 0.25) is 0 Å². The number of alkyl halides is 3. The molecular formula is C18H14F3N5O3S. The van der Waals surface area contributed by atoms with Gasteiger partial charge in [0.15, 0.2) is 5.13 Å². The van der Waals surface area contributed by atoms with Crippen molar-refractivity contribution < 1.29 is 18.1 Å². The topological polar surface area (TPSA) is 92.5 Å². The molecule has 0 unspecified atom stereocenters. The molecule has 4 rings (SSSR count). The van der Waals surface area contributed by atoms with Crippen LogP contribution < -0.4 is 15.4 Å². The van der Waals surface area contributed by atoms with Gasteiger partial charge in [-0.1, -0.05) is 11.3 Å². The Morgan fingerprint density at radius 2 is 1.83 bits per heavy atom. The first kappa shape index (κ1) is 20.0. The van der Waals surface area contributed by atoms with Gasteiger partial charge in [-0.25, -0.2) is 0 Å². The van der Waals surface area contributed by atoms with E-state index in [-0.39, 0.29) is 9.83 Å². The third-order valence-corrected chi connectivity index (χ3v) is 5.94. The number of benzene rings is 1. The molecule has 0 amide bonds. The number of hydrogen-bond acceptors (Lipinski definition) is 8. The number of nitro benzene ring substituents is 1. The Bertz CT molecular complexity index is 1160. The van der Waals surface area contributed by atoms with Gasteiger partial charge in [0.1, 0.15) is 4.70 Å². The molecule has 1 aliphatic heterocycles. The van der Waals surface area contributed by atoms with Crippen LogP contribution >= 0.6 is 11.3 Å². The van der Waals surface area contributed by atoms with Crippen LogP contribution in [0.15, 0.2) is 41.5 Å². The normalized spacial score (nSPS) is 14.9. The van der Waals surface area contributed by atoms with Crippen LogP contribution in [-0.4, -0.2) is 41.1 Å². The molecule has 0 radical (unpaired) electrons. The van der Waals surface area contributed by atoms with E-state index >= 15 is 0 Å². The van der Waals surface area contributed by atoms with Crippen LogP contribution in [0.4, 0.5) is 29.7 Å².